The first kappa shape index (κ1) is 27.7. The van der Waals surface area contributed by atoms with E-state index in [-0.39, 0.29) is 42.0 Å². The van der Waals surface area contributed by atoms with Gasteiger partial charge in [0.2, 0.25) is 5.91 Å². The molecule has 2 heterocycles. The molecule has 180 valence electrons. The first-order valence-corrected chi connectivity index (χ1v) is 11.2. The zero-order valence-corrected chi connectivity index (χ0v) is 22.1. The van der Waals surface area contributed by atoms with Crippen molar-refractivity contribution < 1.29 is 14.3 Å². The molecule has 0 aromatic rings. The van der Waals surface area contributed by atoms with E-state index in [2.05, 4.69) is 25.4 Å². The molecule has 1 atom stereocenters. The van der Waals surface area contributed by atoms with Crippen molar-refractivity contribution in [3.63, 3.8) is 0 Å². The maximum absolute atomic E-state index is 12.6. The summed E-state index contributed by atoms with van der Waals surface area (Å²) in [4.78, 5) is 35.2. The van der Waals surface area contributed by atoms with Crippen LogP contribution in [0.1, 0.15) is 47.0 Å². The third-order valence-electron chi connectivity index (χ3n) is 5.45. The highest BCUT2D eigenvalue weighted by molar-refractivity contribution is 14.0. The van der Waals surface area contributed by atoms with Gasteiger partial charge in [-0.15, -0.1) is 24.0 Å². The highest BCUT2D eigenvalue weighted by atomic mass is 127. The lowest BCUT2D eigenvalue weighted by molar-refractivity contribution is -0.135. The predicted molar refractivity (Wildman–Crippen MR) is 134 cm³/mol. The molecule has 2 N–H and O–H groups in total. The second-order valence-corrected chi connectivity index (χ2v) is 8.99. The molecule has 2 aliphatic heterocycles. The number of carbonyl (C=O) groups is 2. The Morgan fingerprint density at radius 2 is 1.55 bits per heavy atom. The number of likely N-dealkylation sites (tertiary alicyclic amines) is 1. The van der Waals surface area contributed by atoms with Crippen molar-refractivity contribution in [3.05, 3.63) is 0 Å². The Balaban J connectivity index is 0.00000480. The highest BCUT2D eigenvalue weighted by Gasteiger charge is 2.30. The lowest BCUT2D eigenvalue weighted by Gasteiger charge is -2.39. The lowest BCUT2D eigenvalue weighted by atomic mass is 10.2. The van der Waals surface area contributed by atoms with Crippen LogP contribution in [-0.4, -0.2) is 104 Å². The van der Waals surface area contributed by atoms with Crippen LogP contribution in [0.5, 0.6) is 0 Å². The van der Waals surface area contributed by atoms with Gasteiger partial charge in [-0.05, 0) is 47.0 Å². The predicted octanol–water partition coefficient (Wildman–Crippen LogP) is 1.72. The number of aliphatic imine (C=N–C) groups is 1. The second kappa shape index (κ2) is 13.3. The molecule has 31 heavy (non-hydrogen) atoms. The number of nitrogens with one attached hydrogen (secondary N) is 2. The minimum atomic E-state index is -0.483. The van der Waals surface area contributed by atoms with Crippen molar-refractivity contribution in [3.8, 4) is 0 Å². The van der Waals surface area contributed by atoms with Gasteiger partial charge in [-0.2, -0.15) is 0 Å². The Morgan fingerprint density at radius 1 is 0.968 bits per heavy atom. The smallest absolute Gasteiger partial charge is 0.407 e. The molecule has 2 fully saturated rings. The summed E-state index contributed by atoms with van der Waals surface area (Å²) in [7, 11) is 1.78. The lowest BCUT2D eigenvalue weighted by Crippen LogP contribution is -2.57. The number of piperazine rings is 1. The van der Waals surface area contributed by atoms with Gasteiger partial charge in [0.25, 0.3) is 0 Å². The fraction of sp³-hybridized carbons (Fsp3) is 0.857. The van der Waals surface area contributed by atoms with Gasteiger partial charge >= 0.3 is 6.09 Å². The number of alkyl carbamates (subject to hydrolysis) is 1. The second-order valence-electron chi connectivity index (χ2n) is 8.99. The van der Waals surface area contributed by atoms with Crippen molar-refractivity contribution in [1.82, 2.24) is 25.3 Å². The van der Waals surface area contributed by atoms with E-state index in [4.69, 9.17) is 4.74 Å². The molecule has 2 rings (SSSR count). The van der Waals surface area contributed by atoms with Gasteiger partial charge in [-0.3, -0.25) is 14.7 Å². The first-order chi connectivity index (χ1) is 14.2. The molecule has 9 nitrogen and oxygen atoms in total. The fourth-order valence-corrected chi connectivity index (χ4v) is 3.80. The van der Waals surface area contributed by atoms with E-state index in [0.717, 1.165) is 64.5 Å². The maximum Gasteiger partial charge on any atom is 0.407 e. The molecule has 2 saturated heterocycles. The molecule has 1 unspecified atom stereocenters. The minimum absolute atomic E-state index is 0. The van der Waals surface area contributed by atoms with E-state index in [1.165, 1.54) is 0 Å². The van der Waals surface area contributed by atoms with Crippen molar-refractivity contribution >= 4 is 41.9 Å². The van der Waals surface area contributed by atoms with Crippen molar-refractivity contribution in [1.29, 1.82) is 0 Å². The van der Waals surface area contributed by atoms with Crippen molar-refractivity contribution in [2.45, 2.75) is 58.6 Å². The Hall–Kier alpha value is -1.30. The molecule has 0 bridgehead atoms. The van der Waals surface area contributed by atoms with Crippen LogP contribution in [0.25, 0.3) is 0 Å². The van der Waals surface area contributed by atoms with E-state index in [0.29, 0.717) is 13.1 Å². The number of halogens is 1. The van der Waals surface area contributed by atoms with Crippen molar-refractivity contribution in [2.75, 3.05) is 59.4 Å². The molecule has 0 radical (unpaired) electrons. The Bertz CT molecular complexity index is 596. The maximum atomic E-state index is 12.6. The SMILES string of the molecule is CN=C(NCCCNC(=O)OC(C)(C)C)N1CCN(C(C)C(=O)N2CCCC2)CC1.I. The summed E-state index contributed by atoms with van der Waals surface area (Å²) in [5.41, 5.74) is -0.483. The van der Waals surface area contributed by atoms with Gasteiger partial charge in [-0.1, -0.05) is 0 Å². The third kappa shape index (κ3) is 9.38. The van der Waals surface area contributed by atoms with Crippen LogP contribution in [0.15, 0.2) is 4.99 Å². The van der Waals surface area contributed by atoms with Gasteiger partial charge in [0.15, 0.2) is 5.96 Å². The summed E-state index contributed by atoms with van der Waals surface area (Å²) < 4.78 is 5.23. The zero-order valence-electron chi connectivity index (χ0n) is 19.8. The molecule has 0 aromatic heterocycles. The summed E-state index contributed by atoms with van der Waals surface area (Å²) in [5.74, 6) is 1.13. The summed E-state index contributed by atoms with van der Waals surface area (Å²) in [6, 6.07) is -0.0563. The van der Waals surface area contributed by atoms with E-state index < -0.39 is 5.60 Å². The number of hydrogen-bond acceptors (Lipinski definition) is 5. The van der Waals surface area contributed by atoms with Gasteiger partial charge in [0.05, 0.1) is 6.04 Å². The number of nitrogens with zero attached hydrogens (tertiary/aromatic N) is 4. The van der Waals surface area contributed by atoms with Crippen LogP contribution in [0.4, 0.5) is 4.79 Å². The van der Waals surface area contributed by atoms with Crippen LogP contribution in [0.3, 0.4) is 0 Å². The van der Waals surface area contributed by atoms with Crippen LogP contribution in [0, 0.1) is 0 Å². The van der Waals surface area contributed by atoms with Gasteiger partial charge < -0.3 is 25.2 Å². The molecule has 0 spiro atoms. The summed E-state index contributed by atoms with van der Waals surface area (Å²) in [6.45, 7) is 14.0. The number of guanidine groups is 1. The molecule has 0 saturated carbocycles. The average Bonchev–Trinajstić information content (AvgIpc) is 3.23. The Labute approximate surface area is 204 Å². The van der Waals surface area contributed by atoms with Crippen molar-refractivity contribution in [2.24, 2.45) is 4.99 Å². The molecule has 0 aliphatic carbocycles. The summed E-state index contributed by atoms with van der Waals surface area (Å²) in [5, 5.41) is 6.13. The zero-order chi connectivity index (χ0) is 22.1. The number of hydrogen-bond donors (Lipinski definition) is 2. The number of ether oxygens (including phenoxy) is 1. The summed E-state index contributed by atoms with van der Waals surface area (Å²) in [6.07, 6.45) is 2.64. The number of amides is 2. The molecule has 0 aromatic carbocycles. The van der Waals surface area contributed by atoms with E-state index in [1.807, 2.05) is 32.6 Å². The Kier molecular flexibility index (Phi) is 11.9. The molecular weight excluding hydrogens is 511 g/mol. The highest BCUT2D eigenvalue weighted by Crippen LogP contribution is 2.14. The molecule has 2 aliphatic rings. The third-order valence-corrected chi connectivity index (χ3v) is 5.45. The molecular formula is C21H41IN6O3. The van der Waals surface area contributed by atoms with E-state index in [9.17, 15) is 9.59 Å². The quantitative estimate of drug-likeness (QED) is 0.226. The Morgan fingerprint density at radius 3 is 2.10 bits per heavy atom. The number of rotatable bonds is 6. The van der Waals surface area contributed by atoms with Crippen LogP contribution in [-0.2, 0) is 9.53 Å². The monoisotopic (exact) mass is 552 g/mol. The molecule has 10 heteroatoms. The fourth-order valence-electron chi connectivity index (χ4n) is 3.80. The van der Waals surface area contributed by atoms with Gasteiger partial charge in [0, 0.05) is 59.4 Å². The van der Waals surface area contributed by atoms with Gasteiger partial charge in [-0.25, -0.2) is 4.79 Å². The van der Waals surface area contributed by atoms with Crippen LogP contribution < -0.4 is 10.6 Å². The number of carbonyl (C=O) groups excluding carboxylic acids is 2. The van der Waals surface area contributed by atoms with E-state index >= 15 is 0 Å². The summed E-state index contributed by atoms with van der Waals surface area (Å²) >= 11 is 0. The van der Waals surface area contributed by atoms with E-state index in [1.54, 1.807) is 7.05 Å². The average molecular weight is 553 g/mol. The van der Waals surface area contributed by atoms with Gasteiger partial charge in [0.1, 0.15) is 5.60 Å². The topological polar surface area (TPSA) is 89.5 Å². The van der Waals surface area contributed by atoms with Crippen LogP contribution in [0.2, 0.25) is 0 Å². The normalized spacial score (nSPS) is 18.9. The standard InChI is InChI=1S/C21H40N6O3.HI/c1-17(18(28)26-11-6-7-12-26)25-13-15-27(16-14-25)19(22-5)23-9-8-10-24-20(29)30-21(2,3)4;/h17H,6-16H2,1-5H3,(H,22,23)(H,24,29);1H. The largest absolute Gasteiger partial charge is 0.444 e. The first-order valence-electron chi connectivity index (χ1n) is 11.2. The molecule has 2 amide bonds. The minimum Gasteiger partial charge on any atom is -0.444 e. The van der Waals surface area contributed by atoms with Crippen LogP contribution >= 0.6 is 24.0 Å².